The minimum atomic E-state index is -0.990. The third-order valence-corrected chi connectivity index (χ3v) is 8.21. The van der Waals surface area contributed by atoms with E-state index in [0.717, 1.165) is 24.4 Å². The number of carbonyl (C=O) groups is 5. The second-order valence-corrected chi connectivity index (χ2v) is 10.8. The van der Waals surface area contributed by atoms with E-state index < -0.39 is 41.8 Å². The van der Waals surface area contributed by atoms with Gasteiger partial charge in [0.2, 0.25) is 12.5 Å². The van der Waals surface area contributed by atoms with E-state index in [0.29, 0.717) is 17.9 Å². The van der Waals surface area contributed by atoms with Crippen molar-refractivity contribution < 1.29 is 38.3 Å². The number of amides is 3. The van der Waals surface area contributed by atoms with E-state index in [4.69, 9.17) is 14.3 Å². The predicted molar refractivity (Wildman–Crippen MR) is 164 cm³/mol. The van der Waals surface area contributed by atoms with E-state index in [1.54, 1.807) is 6.92 Å². The van der Waals surface area contributed by atoms with Crippen LogP contribution in [0.15, 0.2) is 34.5 Å². The summed E-state index contributed by atoms with van der Waals surface area (Å²) in [5.74, 6) is -2.63. The number of aromatic nitrogens is 1. The molecule has 0 saturated carbocycles. The number of likely N-dealkylation sites (N-methyl/N-ethyl adjacent to an activating group) is 1. The molecule has 3 amide bonds. The number of nitrogens with one attached hydrogen (secondary N) is 2. The summed E-state index contributed by atoms with van der Waals surface area (Å²) >= 11 is 2.40. The van der Waals surface area contributed by atoms with Crippen LogP contribution in [0, 0.1) is 0 Å². The van der Waals surface area contributed by atoms with Gasteiger partial charge in [0.1, 0.15) is 29.4 Å². The molecule has 2 N–H and O–H groups in total. The zero-order chi connectivity index (χ0) is 30.8. The highest BCUT2D eigenvalue weighted by molar-refractivity contribution is 8.00. The van der Waals surface area contributed by atoms with Crippen molar-refractivity contribution in [3.8, 4) is 0 Å². The minimum absolute atomic E-state index is 0. The van der Waals surface area contributed by atoms with E-state index in [-0.39, 0.29) is 53.8 Å². The van der Waals surface area contributed by atoms with E-state index in [9.17, 15) is 24.0 Å². The summed E-state index contributed by atoms with van der Waals surface area (Å²) in [5.41, 5.74) is 0.397. The van der Waals surface area contributed by atoms with Crippen LogP contribution < -0.4 is 10.6 Å². The molecule has 236 valence electrons. The van der Waals surface area contributed by atoms with Gasteiger partial charge in [0.05, 0.1) is 6.61 Å². The van der Waals surface area contributed by atoms with Crippen molar-refractivity contribution >= 4 is 76.0 Å². The Morgan fingerprint density at radius 2 is 1.95 bits per heavy atom. The van der Waals surface area contributed by atoms with Gasteiger partial charge >= 0.3 is 11.9 Å². The molecular weight excluding hydrogens is 624 g/mol. The third kappa shape index (κ3) is 9.01. The molecule has 14 nitrogen and oxygen atoms in total. The molecule has 1 aromatic rings. The first-order valence-electron chi connectivity index (χ1n) is 13.2. The van der Waals surface area contributed by atoms with Crippen LogP contribution in [-0.2, 0) is 38.3 Å². The van der Waals surface area contributed by atoms with Crippen molar-refractivity contribution in [2.24, 2.45) is 5.16 Å². The lowest BCUT2D eigenvalue weighted by Gasteiger charge is -2.49. The van der Waals surface area contributed by atoms with E-state index in [1.165, 1.54) is 35.0 Å². The van der Waals surface area contributed by atoms with Gasteiger partial charge in [-0.3, -0.25) is 19.3 Å². The third-order valence-electron chi connectivity index (χ3n) is 6.15. The van der Waals surface area contributed by atoms with Crippen molar-refractivity contribution in [1.29, 1.82) is 0 Å². The van der Waals surface area contributed by atoms with Gasteiger partial charge in [0.25, 0.3) is 11.8 Å². The molecule has 3 rings (SSSR count). The zero-order valence-electron chi connectivity index (χ0n) is 24.2. The molecule has 1 saturated heterocycles. The van der Waals surface area contributed by atoms with Crippen molar-refractivity contribution in [2.45, 2.75) is 39.1 Å². The Balaban J connectivity index is 0.00000645. The second-order valence-electron chi connectivity index (χ2n) is 8.84. The number of esters is 2. The summed E-state index contributed by atoms with van der Waals surface area (Å²) in [5, 5.41) is 10.0. The van der Waals surface area contributed by atoms with Gasteiger partial charge in [-0.05, 0) is 25.6 Å². The number of allylic oxidation sites excluding steroid dienone is 1. The molecule has 3 heterocycles. The van der Waals surface area contributed by atoms with Crippen LogP contribution in [0.4, 0.5) is 5.13 Å². The Morgan fingerprint density at radius 3 is 2.58 bits per heavy atom. The monoisotopic (exact) mass is 658 g/mol. The number of rotatable bonds is 15. The molecule has 2 atom stereocenters. The SMILES string of the molecule is C=CC1=C(C(=O)OCCN(CC)CC)N2C(=O)C(NC(=O)/C(=N\OCC(=O)OCC)c3csc(NC(C)=O)n3)C2SC1.Cl. The Hall–Kier alpha value is -3.47. The summed E-state index contributed by atoms with van der Waals surface area (Å²) < 4.78 is 10.3. The first-order valence-corrected chi connectivity index (χ1v) is 15.2. The van der Waals surface area contributed by atoms with Crippen LogP contribution in [-0.4, -0.2) is 107 Å². The maximum atomic E-state index is 13.3. The topological polar surface area (TPSA) is 169 Å². The molecule has 0 aliphatic carbocycles. The van der Waals surface area contributed by atoms with Gasteiger partial charge in [-0.2, -0.15) is 0 Å². The molecule has 1 fully saturated rings. The lowest BCUT2D eigenvalue weighted by molar-refractivity contribution is -0.152. The summed E-state index contributed by atoms with van der Waals surface area (Å²) in [7, 11) is 0. The van der Waals surface area contributed by atoms with E-state index in [2.05, 4.69) is 32.3 Å². The van der Waals surface area contributed by atoms with Crippen molar-refractivity contribution in [1.82, 2.24) is 20.1 Å². The van der Waals surface area contributed by atoms with E-state index >= 15 is 0 Å². The number of thioether (sulfide) groups is 1. The van der Waals surface area contributed by atoms with E-state index in [1.807, 2.05) is 13.8 Å². The van der Waals surface area contributed by atoms with Crippen LogP contribution in [0.2, 0.25) is 0 Å². The molecular formula is C26H35ClN6O8S2. The van der Waals surface area contributed by atoms with Crippen LogP contribution in [0.5, 0.6) is 0 Å². The van der Waals surface area contributed by atoms with Gasteiger partial charge < -0.3 is 29.8 Å². The number of hydrogen-bond donors (Lipinski definition) is 2. The van der Waals surface area contributed by atoms with Gasteiger partial charge in [0, 0.05) is 24.6 Å². The Kier molecular flexibility index (Phi) is 14.1. The molecule has 1 aromatic heterocycles. The highest BCUT2D eigenvalue weighted by atomic mass is 35.5. The van der Waals surface area contributed by atoms with Crippen LogP contribution in [0.1, 0.15) is 33.4 Å². The largest absolute Gasteiger partial charge is 0.463 e. The number of fused-ring (bicyclic) bond motifs is 1. The molecule has 17 heteroatoms. The minimum Gasteiger partial charge on any atom is -0.463 e. The quantitative estimate of drug-likeness (QED) is 0.121. The maximum Gasteiger partial charge on any atom is 0.355 e. The van der Waals surface area contributed by atoms with Crippen molar-refractivity contribution in [3.63, 3.8) is 0 Å². The van der Waals surface area contributed by atoms with Crippen molar-refractivity contribution in [3.05, 3.63) is 35.0 Å². The number of β-lactam (4-membered cyclic amide) rings is 1. The van der Waals surface area contributed by atoms with Gasteiger partial charge in [-0.25, -0.2) is 14.6 Å². The normalized spacial score (nSPS) is 17.7. The van der Waals surface area contributed by atoms with Crippen LogP contribution in [0.25, 0.3) is 0 Å². The number of anilines is 1. The van der Waals surface area contributed by atoms with Crippen LogP contribution >= 0.6 is 35.5 Å². The van der Waals surface area contributed by atoms with Crippen molar-refractivity contribution in [2.75, 3.05) is 50.5 Å². The zero-order valence-corrected chi connectivity index (χ0v) is 26.7. The fraction of sp³-hybridized carbons (Fsp3) is 0.500. The summed E-state index contributed by atoms with van der Waals surface area (Å²) in [4.78, 5) is 75.3. The lowest BCUT2D eigenvalue weighted by atomic mass is 10.0. The molecule has 0 radical (unpaired) electrons. The summed E-state index contributed by atoms with van der Waals surface area (Å²) in [6.45, 7) is 12.7. The number of oxime groups is 1. The number of hydrogen-bond acceptors (Lipinski definition) is 13. The molecule has 2 aliphatic rings. The summed E-state index contributed by atoms with van der Waals surface area (Å²) in [6.07, 6.45) is 1.52. The predicted octanol–water partition coefficient (Wildman–Crippen LogP) is 1.53. The average Bonchev–Trinajstić information content (AvgIpc) is 3.42. The second kappa shape index (κ2) is 17.0. The smallest absolute Gasteiger partial charge is 0.355 e. The number of ether oxygens (including phenoxy) is 2. The molecule has 43 heavy (non-hydrogen) atoms. The standard InChI is InChI=1S/C26H34N6O8S2.ClH/c1-6-16-13-41-24-20(23(36)32(24)21(16)25(37)39-11-10-31(7-2)8-3)29-22(35)19(30-40-12-18(34)38-9-4)17-14-42-26(28-17)27-15(5)33;/h6,14,20,24H,1,7-13H2,2-5H3,(H,29,35)(H,27,28,33);1H/b30-19-;. The molecule has 2 aliphatic heterocycles. The van der Waals surface area contributed by atoms with Gasteiger partial charge in [-0.1, -0.05) is 31.7 Å². The highest BCUT2D eigenvalue weighted by Gasteiger charge is 2.54. The lowest BCUT2D eigenvalue weighted by Crippen LogP contribution is -2.71. The Labute approximate surface area is 263 Å². The molecule has 0 aromatic carbocycles. The van der Waals surface area contributed by atoms with Gasteiger partial charge in [-0.15, -0.1) is 35.5 Å². The number of carbonyl (C=O) groups excluding carboxylic acids is 5. The number of thiazole rings is 1. The number of halogens is 1. The first-order chi connectivity index (χ1) is 20.1. The Morgan fingerprint density at radius 1 is 1.23 bits per heavy atom. The first kappa shape index (κ1) is 35.7. The highest BCUT2D eigenvalue weighted by Crippen LogP contribution is 2.41. The number of nitrogens with zero attached hydrogens (tertiary/aromatic N) is 4. The molecule has 2 unspecified atom stereocenters. The average molecular weight is 659 g/mol. The summed E-state index contributed by atoms with van der Waals surface area (Å²) in [6, 6.07) is -0.990. The molecule has 0 bridgehead atoms. The fourth-order valence-corrected chi connectivity index (χ4v) is 6.10. The van der Waals surface area contributed by atoms with Gasteiger partial charge in [0.15, 0.2) is 10.8 Å². The fourth-order valence-electron chi connectivity index (χ4n) is 4.02. The Bertz CT molecular complexity index is 1280. The molecule has 0 spiro atoms. The van der Waals surface area contributed by atoms with Crippen LogP contribution in [0.3, 0.4) is 0 Å². The maximum absolute atomic E-state index is 13.3.